The SMILES string of the molecule is CCNC(C)CC(C)Cc1c(Br)c(C)nn1CC. The molecule has 1 aromatic rings. The van der Waals surface area contributed by atoms with Crippen LogP contribution in [-0.2, 0) is 13.0 Å². The standard InChI is InChI=1S/C14H26BrN3/c1-6-16-11(4)8-10(3)9-13-14(15)12(5)17-18(13)7-2/h10-11,16H,6-9H2,1-5H3. The van der Waals surface area contributed by atoms with Gasteiger partial charge in [0, 0.05) is 12.6 Å². The monoisotopic (exact) mass is 315 g/mol. The minimum atomic E-state index is 0.586. The van der Waals surface area contributed by atoms with Crippen molar-refractivity contribution in [3.63, 3.8) is 0 Å². The molecule has 0 fully saturated rings. The zero-order chi connectivity index (χ0) is 13.7. The molecule has 0 saturated heterocycles. The summed E-state index contributed by atoms with van der Waals surface area (Å²) in [5.74, 6) is 0.664. The largest absolute Gasteiger partial charge is 0.315 e. The van der Waals surface area contributed by atoms with E-state index in [0.717, 1.165) is 25.2 Å². The fourth-order valence-corrected chi connectivity index (χ4v) is 2.96. The van der Waals surface area contributed by atoms with Gasteiger partial charge < -0.3 is 5.32 Å². The van der Waals surface area contributed by atoms with Gasteiger partial charge >= 0.3 is 0 Å². The maximum absolute atomic E-state index is 4.55. The van der Waals surface area contributed by atoms with E-state index in [1.54, 1.807) is 0 Å². The summed E-state index contributed by atoms with van der Waals surface area (Å²) in [5, 5.41) is 8.03. The first-order valence-corrected chi connectivity index (χ1v) is 7.73. The van der Waals surface area contributed by atoms with Gasteiger partial charge in [-0.3, -0.25) is 4.68 Å². The Bertz CT molecular complexity index is 373. The summed E-state index contributed by atoms with van der Waals surface area (Å²) in [7, 11) is 0. The van der Waals surface area contributed by atoms with Crippen molar-refractivity contribution >= 4 is 15.9 Å². The van der Waals surface area contributed by atoms with Gasteiger partial charge in [-0.05, 0) is 62.0 Å². The fraction of sp³-hybridized carbons (Fsp3) is 0.786. The van der Waals surface area contributed by atoms with Crippen LogP contribution in [0.5, 0.6) is 0 Å². The predicted molar refractivity (Wildman–Crippen MR) is 81.0 cm³/mol. The third kappa shape index (κ3) is 4.09. The Kier molecular flexibility index (Phi) is 6.36. The molecule has 0 aliphatic carbocycles. The summed E-state index contributed by atoms with van der Waals surface area (Å²) >= 11 is 3.67. The molecule has 1 aromatic heterocycles. The van der Waals surface area contributed by atoms with Crippen LogP contribution in [0.25, 0.3) is 0 Å². The number of nitrogens with one attached hydrogen (secondary N) is 1. The number of nitrogens with zero attached hydrogens (tertiary/aromatic N) is 2. The van der Waals surface area contributed by atoms with Crippen molar-refractivity contribution in [3.8, 4) is 0 Å². The minimum Gasteiger partial charge on any atom is -0.315 e. The van der Waals surface area contributed by atoms with Crippen LogP contribution in [0, 0.1) is 12.8 Å². The quantitative estimate of drug-likeness (QED) is 0.834. The molecule has 18 heavy (non-hydrogen) atoms. The van der Waals surface area contributed by atoms with Crippen LogP contribution in [0.2, 0.25) is 0 Å². The van der Waals surface area contributed by atoms with E-state index >= 15 is 0 Å². The van der Waals surface area contributed by atoms with E-state index in [9.17, 15) is 0 Å². The molecular formula is C14H26BrN3. The average Bonchev–Trinajstić information content (AvgIpc) is 2.57. The molecule has 0 spiro atoms. The molecule has 4 heteroatoms. The molecule has 0 amide bonds. The van der Waals surface area contributed by atoms with Crippen LogP contribution in [-0.4, -0.2) is 22.4 Å². The Balaban J connectivity index is 2.66. The molecule has 2 atom stereocenters. The zero-order valence-corrected chi connectivity index (χ0v) is 13.8. The van der Waals surface area contributed by atoms with E-state index in [1.807, 2.05) is 0 Å². The molecule has 1 rings (SSSR count). The lowest BCUT2D eigenvalue weighted by Gasteiger charge is -2.18. The maximum atomic E-state index is 4.55. The molecule has 2 unspecified atom stereocenters. The molecule has 0 radical (unpaired) electrons. The van der Waals surface area contributed by atoms with E-state index in [-0.39, 0.29) is 0 Å². The van der Waals surface area contributed by atoms with Gasteiger partial charge in [0.15, 0.2) is 0 Å². The first kappa shape index (κ1) is 15.7. The van der Waals surface area contributed by atoms with Crippen molar-refractivity contribution in [2.24, 2.45) is 5.92 Å². The zero-order valence-electron chi connectivity index (χ0n) is 12.3. The van der Waals surface area contributed by atoms with Crippen molar-refractivity contribution in [3.05, 3.63) is 15.9 Å². The molecule has 0 aliphatic heterocycles. The molecule has 1 heterocycles. The Morgan fingerprint density at radius 1 is 1.33 bits per heavy atom. The van der Waals surface area contributed by atoms with E-state index in [4.69, 9.17) is 0 Å². The van der Waals surface area contributed by atoms with Crippen molar-refractivity contribution < 1.29 is 0 Å². The van der Waals surface area contributed by atoms with Gasteiger partial charge in [0.1, 0.15) is 0 Å². The normalized spacial score (nSPS) is 14.8. The summed E-state index contributed by atoms with van der Waals surface area (Å²) in [6, 6.07) is 0.586. The highest BCUT2D eigenvalue weighted by Gasteiger charge is 2.16. The second-order valence-electron chi connectivity index (χ2n) is 5.17. The number of aromatic nitrogens is 2. The van der Waals surface area contributed by atoms with Gasteiger partial charge in [0.25, 0.3) is 0 Å². The topological polar surface area (TPSA) is 29.9 Å². The lowest BCUT2D eigenvalue weighted by Crippen LogP contribution is -2.28. The van der Waals surface area contributed by atoms with Crippen LogP contribution in [0.4, 0.5) is 0 Å². The summed E-state index contributed by atoms with van der Waals surface area (Å²) in [4.78, 5) is 0. The average molecular weight is 316 g/mol. The van der Waals surface area contributed by atoms with E-state index in [0.29, 0.717) is 12.0 Å². The van der Waals surface area contributed by atoms with Crippen LogP contribution >= 0.6 is 15.9 Å². The van der Waals surface area contributed by atoms with Crippen LogP contribution < -0.4 is 5.32 Å². The highest BCUT2D eigenvalue weighted by atomic mass is 79.9. The van der Waals surface area contributed by atoms with Crippen molar-refractivity contribution in [1.29, 1.82) is 0 Å². The van der Waals surface area contributed by atoms with E-state index < -0.39 is 0 Å². The number of hydrogen-bond donors (Lipinski definition) is 1. The number of halogens is 1. The summed E-state index contributed by atoms with van der Waals surface area (Å²) < 4.78 is 3.31. The molecule has 0 aromatic carbocycles. The van der Waals surface area contributed by atoms with E-state index in [2.05, 4.69) is 65.6 Å². The molecular weight excluding hydrogens is 290 g/mol. The Morgan fingerprint density at radius 3 is 2.56 bits per heavy atom. The van der Waals surface area contributed by atoms with Crippen LogP contribution in [0.3, 0.4) is 0 Å². The summed E-state index contributed by atoms with van der Waals surface area (Å²) in [6.07, 6.45) is 2.29. The minimum absolute atomic E-state index is 0.586. The van der Waals surface area contributed by atoms with Crippen LogP contribution in [0.1, 0.15) is 45.5 Å². The molecule has 0 aliphatic rings. The molecule has 104 valence electrons. The van der Waals surface area contributed by atoms with Gasteiger partial charge in [0.05, 0.1) is 15.9 Å². The van der Waals surface area contributed by atoms with Gasteiger partial charge in [-0.25, -0.2) is 0 Å². The molecule has 0 bridgehead atoms. The number of hydrogen-bond acceptors (Lipinski definition) is 2. The fourth-order valence-electron chi connectivity index (χ4n) is 2.51. The summed E-state index contributed by atoms with van der Waals surface area (Å²) in [5.41, 5.74) is 2.44. The highest BCUT2D eigenvalue weighted by molar-refractivity contribution is 9.10. The maximum Gasteiger partial charge on any atom is 0.0738 e. The Labute approximate surface area is 119 Å². The van der Waals surface area contributed by atoms with Crippen molar-refractivity contribution in [2.75, 3.05) is 6.54 Å². The third-order valence-electron chi connectivity index (χ3n) is 3.30. The van der Waals surface area contributed by atoms with Gasteiger partial charge in [-0.2, -0.15) is 5.10 Å². The van der Waals surface area contributed by atoms with Crippen molar-refractivity contribution in [2.45, 2.75) is 60.0 Å². The van der Waals surface area contributed by atoms with Gasteiger partial charge in [-0.15, -0.1) is 0 Å². The molecule has 3 nitrogen and oxygen atoms in total. The third-order valence-corrected chi connectivity index (χ3v) is 4.33. The first-order chi connectivity index (χ1) is 8.49. The van der Waals surface area contributed by atoms with Gasteiger partial charge in [0.2, 0.25) is 0 Å². The second kappa shape index (κ2) is 7.29. The highest BCUT2D eigenvalue weighted by Crippen LogP contribution is 2.25. The summed E-state index contributed by atoms with van der Waals surface area (Å²) in [6.45, 7) is 12.9. The first-order valence-electron chi connectivity index (χ1n) is 6.94. The molecule has 1 N–H and O–H groups in total. The van der Waals surface area contributed by atoms with Crippen LogP contribution in [0.15, 0.2) is 4.47 Å². The Morgan fingerprint density at radius 2 is 2.00 bits per heavy atom. The molecule has 0 saturated carbocycles. The smallest absolute Gasteiger partial charge is 0.0738 e. The number of rotatable bonds is 7. The Hall–Kier alpha value is -0.350. The number of aryl methyl sites for hydroxylation is 2. The van der Waals surface area contributed by atoms with Gasteiger partial charge in [-0.1, -0.05) is 13.8 Å². The lowest BCUT2D eigenvalue weighted by molar-refractivity contribution is 0.416. The van der Waals surface area contributed by atoms with E-state index in [1.165, 1.54) is 16.6 Å². The second-order valence-corrected chi connectivity index (χ2v) is 5.96. The van der Waals surface area contributed by atoms with Crippen molar-refractivity contribution in [1.82, 2.24) is 15.1 Å². The predicted octanol–water partition coefficient (Wildman–Crippen LogP) is 3.54. The lowest BCUT2D eigenvalue weighted by atomic mass is 9.97.